The molecule has 0 radical (unpaired) electrons. The summed E-state index contributed by atoms with van der Waals surface area (Å²) in [6, 6.07) is 2.18. The van der Waals surface area contributed by atoms with Gasteiger partial charge in [0.1, 0.15) is 0 Å². The number of carboxylic acid groups (broad SMARTS) is 1. The van der Waals surface area contributed by atoms with E-state index in [-0.39, 0.29) is 6.04 Å². The van der Waals surface area contributed by atoms with Crippen molar-refractivity contribution >= 4 is 33.4 Å². The maximum atomic E-state index is 10.9. The number of rotatable bonds is 0. The first-order valence-corrected chi connectivity index (χ1v) is 5.95. The van der Waals surface area contributed by atoms with Gasteiger partial charge < -0.3 is 10.0 Å². The number of hydrogen-bond donors (Lipinski definition) is 1. The summed E-state index contributed by atoms with van der Waals surface area (Å²) in [5, 5.41) is 8.96. The van der Waals surface area contributed by atoms with Crippen molar-refractivity contribution in [2.45, 2.75) is 25.9 Å². The van der Waals surface area contributed by atoms with Gasteiger partial charge >= 0.3 is 6.09 Å². The fourth-order valence-electron chi connectivity index (χ4n) is 1.73. The minimum atomic E-state index is -0.826. The van der Waals surface area contributed by atoms with Gasteiger partial charge in [0.25, 0.3) is 0 Å². The highest BCUT2D eigenvalue weighted by Crippen LogP contribution is 2.33. The Hall–Kier alpha value is -0.550. The van der Waals surface area contributed by atoms with Crippen LogP contribution in [0.2, 0.25) is 0 Å². The van der Waals surface area contributed by atoms with Crippen molar-refractivity contribution in [1.29, 1.82) is 0 Å². The van der Waals surface area contributed by atoms with Crippen LogP contribution in [0.1, 0.15) is 17.4 Å². The maximum Gasteiger partial charge on any atom is 0.407 e. The number of carbonyl (C=O) groups is 1. The average Bonchev–Trinajstić information content (AvgIpc) is 2.42. The summed E-state index contributed by atoms with van der Waals surface area (Å²) in [5.74, 6) is 0. The highest BCUT2D eigenvalue weighted by atomic mass is 79.9. The van der Waals surface area contributed by atoms with Crippen LogP contribution in [-0.4, -0.2) is 22.1 Å². The highest BCUT2D eigenvalue weighted by Gasteiger charge is 2.27. The molecule has 1 aliphatic heterocycles. The second-order valence-corrected chi connectivity index (χ2v) is 5.98. The number of halogens is 1. The Labute approximate surface area is 94.5 Å². The van der Waals surface area contributed by atoms with Crippen molar-refractivity contribution in [3.63, 3.8) is 0 Å². The van der Waals surface area contributed by atoms with Crippen LogP contribution in [0.15, 0.2) is 9.85 Å². The van der Waals surface area contributed by atoms with E-state index < -0.39 is 6.09 Å². The van der Waals surface area contributed by atoms with Crippen LogP contribution in [0.5, 0.6) is 0 Å². The van der Waals surface area contributed by atoms with Crippen molar-refractivity contribution in [1.82, 2.24) is 4.90 Å². The molecule has 0 bridgehead atoms. The van der Waals surface area contributed by atoms with E-state index in [1.165, 1.54) is 10.5 Å². The molecule has 1 N–H and O–H groups in total. The van der Waals surface area contributed by atoms with Crippen LogP contribution in [0.4, 0.5) is 4.79 Å². The molecule has 0 saturated heterocycles. The van der Waals surface area contributed by atoms with Gasteiger partial charge in [-0.05, 0) is 40.9 Å². The van der Waals surface area contributed by atoms with Gasteiger partial charge in [0.05, 0.1) is 10.3 Å². The van der Waals surface area contributed by atoms with E-state index in [0.717, 1.165) is 15.1 Å². The molecule has 1 aromatic heterocycles. The van der Waals surface area contributed by atoms with Crippen LogP contribution in [-0.2, 0) is 13.0 Å². The van der Waals surface area contributed by atoms with E-state index in [1.54, 1.807) is 11.3 Å². The highest BCUT2D eigenvalue weighted by molar-refractivity contribution is 9.11. The molecule has 1 aliphatic rings. The normalized spacial score (nSPS) is 20.7. The van der Waals surface area contributed by atoms with Gasteiger partial charge in [0, 0.05) is 10.9 Å². The average molecular weight is 276 g/mol. The van der Waals surface area contributed by atoms with Crippen molar-refractivity contribution in [3.8, 4) is 0 Å². The fraction of sp³-hybridized carbons (Fsp3) is 0.444. The minimum Gasteiger partial charge on any atom is -0.465 e. The number of fused-ring (bicyclic) bond motifs is 1. The largest absolute Gasteiger partial charge is 0.465 e. The summed E-state index contributed by atoms with van der Waals surface area (Å²) in [4.78, 5) is 13.6. The minimum absolute atomic E-state index is 0.0847. The lowest BCUT2D eigenvalue weighted by atomic mass is 10.0. The van der Waals surface area contributed by atoms with E-state index in [9.17, 15) is 4.79 Å². The SMILES string of the molecule is CC1Cc2cc(Br)sc2CN1C(=O)O. The van der Waals surface area contributed by atoms with Crippen LogP contribution in [0.3, 0.4) is 0 Å². The molecule has 1 aromatic rings. The van der Waals surface area contributed by atoms with Crippen LogP contribution in [0, 0.1) is 0 Å². The van der Waals surface area contributed by atoms with Crippen molar-refractivity contribution in [3.05, 3.63) is 20.3 Å². The number of thiophene rings is 1. The molecule has 1 amide bonds. The maximum absolute atomic E-state index is 10.9. The zero-order valence-electron chi connectivity index (χ0n) is 7.66. The monoisotopic (exact) mass is 275 g/mol. The first-order chi connectivity index (χ1) is 6.58. The van der Waals surface area contributed by atoms with E-state index in [2.05, 4.69) is 22.0 Å². The molecule has 76 valence electrons. The molecule has 2 rings (SSSR count). The lowest BCUT2D eigenvalue weighted by Crippen LogP contribution is -2.41. The zero-order chi connectivity index (χ0) is 10.3. The Morgan fingerprint density at radius 1 is 1.79 bits per heavy atom. The summed E-state index contributed by atoms with van der Waals surface area (Å²) in [7, 11) is 0. The van der Waals surface area contributed by atoms with E-state index in [4.69, 9.17) is 5.11 Å². The standard InChI is InChI=1S/C9H10BrNO2S/c1-5-2-6-3-8(10)14-7(6)4-11(5)9(12)13/h3,5H,2,4H2,1H3,(H,12,13). The molecule has 0 saturated carbocycles. The molecule has 0 aromatic carbocycles. The third-order valence-corrected chi connectivity index (χ3v) is 4.14. The molecule has 14 heavy (non-hydrogen) atoms. The molecule has 5 heteroatoms. The van der Waals surface area contributed by atoms with Crippen LogP contribution < -0.4 is 0 Å². The predicted octanol–water partition coefficient (Wildman–Crippen LogP) is 2.94. The summed E-state index contributed by atoms with van der Waals surface area (Å²) in [6.45, 7) is 2.48. The lowest BCUT2D eigenvalue weighted by molar-refractivity contribution is 0.120. The van der Waals surface area contributed by atoms with Gasteiger partial charge in [-0.25, -0.2) is 4.79 Å². The van der Waals surface area contributed by atoms with E-state index in [1.807, 2.05) is 6.92 Å². The third-order valence-electron chi connectivity index (χ3n) is 2.47. The zero-order valence-corrected chi connectivity index (χ0v) is 10.1. The molecule has 0 spiro atoms. The third kappa shape index (κ3) is 1.66. The summed E-state index contributed by atoms with van der Waals surface area (Å²) in [5.41, 5.74) is 1.28. The molecule has 0 aliphatic carbocycles. The van der Waals surface area contributed by atoms with Gasteiger partial charge in [-0.3, -0.25) is 0 Å². The van der Waals surface area contributed by atoms with Gasteiger partial charge in [-0.1, -0.05) is 0 Å². The Morgan fingerprint density at radius 3 is 3.14 bits per heavy atom. The number of amides is 1. The van der Waals surface area contributed by atoms with Crippen LogP contribution in [0.25, 0.3) is 0 Å². The lowest BCUT2D eigenvalue weighted by Gasteiger charge is -2.30. The van der Waals surface area contributed by atoms with Crippen molar-refractivity contribution < 1.29 is 9.90 Å². The molecule has 0 fully saturated rings. The second-order valence-electron chi connectivity index (χ2n) is 3.46. The molecular formula is C9H10BrNO2S. The second kappa shape index (κ2) is 3.55. The Bertz CT molecular complexity index is 377. The molecule has 1 atom stereocenters. The molecule has 2 heterocycles. The van der Waals surface area contributed by atoms with Crippen molar-refractivity contribution in [2.75, 3.05) is 0 Å². The summed E-state index contributed by atoms with van der Waals surface area (Å²) >= 11 is 5.05. The fourth-order valence-corrected chi connectivity index (χ4v) is 3.51. The first-order valence-electron chi connectivity index (χ1n) is 4.34. The summed E-state index contributed by atoms with van der Waals surface area (Å²) in [6.07, 6.45) is -0.00308. The summed E-state index contributed by atoms with van der Waals surface area (Å²) < 4.78 is 1.09. The topological polar surface area (TPSA) is 40.5 Å². The van der Waals surface area contributed by atoms with Crippen molar-refractivity contribution in [2.24, 2.45) is 0 Å². The number of hydrogen-bond acceptors (Lipinski definition) is 2. The van der Waals surface area contributed by atoms with E-state index >= 15 is 0 Å². The van der Waals surface area contributed by atoms with Crippen LogP contribution >= 0.6 is 27.3 Å². The Kier molecular flexibility index (Phi) is 2.53. The quantitative estimate of drug-likeness (QED) is 0.791. The molecule has 1 unspecified atom stereocenters. The van der Waals surface area contributed by atoms with Gasteiger partial charge in [0.15, 0.2) is 0 Å². The first kappa shape index (κ1) is 9.98. The van der Waals surface area contributed by atoms with Gasteiger partial charge in [-0.2, -0.15) is 0 Å². The number of nitrogens with zero attached hydrogens (tertiary/aromatic N) is 1. The molecular weight excluding hydrogens is 266 g/mol. The predicted molar refractivity (Wildman–Crippen MR) is 58.8 cm³/mol. The Balaban J connectivity index is 2.30. The Morgan fingerprint density at radius 2 is 2.50 bits per heavy atom. The molecule has 3 nitrogen and oxygen atoms in total. The van der Waals surface area contributed by atoms with Gasteiger partial charge in [0.2, 0.25) is 0 Å². The smallest absolute Gasteiger partial charge is 0.407 e. The van der Waals surface area contributed by atoms with Gasteiger partial charge in [-0.15, -0.1) is 11.3 Å². The van der Waals surface area contributed by atoms with E-state index in [0.29, 0.717) is 6.54 Å².